The van der Waals surface area contributed by atoms with Crippen molar-refractivity contribution in [3.05, 3.63) is 53.1 Å². The van der Waals surface area contributed by atoms with Crippen molar-refractivity contribution in [1.29, 1.82) is 0 Å². The van der Waals surface area contributed by atoms with Crippen molar-refractivity contribution in [3.63, 3.8) is 0 Å². The number of amides is 1. The van der Waals surface area contributed by atoms with E-state index in [4.69, 9.17) is 14.2 Å². The third kappa shape index (κ3) is 5.93. The van der Waals surface area contributed by atoms with Gasteiger partial charge in [-0.25, -0.2) is 0 Å². The molecule has 5 nitrogen and oxygen atoms in total. The first-order chi connectivity index (χ1) is 15.0. The summed E-state index contributed by atoms with van der Waals surface area (Å²) in [5.41, 5.74) is 3.72. The first-order valence-corrected chi connectivity index (χ1v) is 11.5. The Balaban J connectivity index is 1.66. The van der Waals surface area contributed by atoms with Crippen LogP contribution in [0.4, 0.5) is 0 Å². The summed E-state index contributed by atoms with van der Waals surface area (Å²) in [5.74, 6) is 2.07. The van der Waals surface area contributed by atoms with E-state index in [0.717, 1.165) is 24.2 Å². The number of nitrogens with one attached hydrogen (secondary N) is 1. The highest BCUT2D eigenvalue weighted by Crippen LogP contribution is 2.31. The average Bonchev–Trinajstić information content (AvgIpc) is 2.78. The van der Waals surface area contributed by atoms with Gasteiger partial charge in [0.25, 0.3) is 5.91 Å². The molecular formula is C26H35NO4. The number of carbonyl (C=O) groups excluding carboxylic acids is 1. The zero-order chi connectivity index (χ0) is 22.2. The van der Waals surface area contributed by atoms with E-state index in [1.807, 2.05) is 52.0 Å². The summed E-state index contributed by atoms with van der Waals surface area (Å²) in [6.07, 6.45) is 4.77. The van der Waals surface area contributed by atoms with Gasteiger partial charge in [0.1, 0.15) is 5.75 Å². The zero-order valence-corrected chi connectivity index (χ0v) is 19.2. The maximum absolute atomic E-state index is 12.9. The van der Waals surface area contributed by atoms with Crippen LogP contribution in [0.15, 0.2) is 36.4 Å². The van der Waals surface area contributed by atoms with Crippen molar-refractivity contribution in [3.8, 4) is 17.2 Å². The van der Waals surface area contributed by atoms with Crippen molar-refractivity contribution < 1.29 is 19.0 Å². The van der Waals surface area contributed by atoms with Crippen LogP contribution in [-0.4, -0.2) is 25.2 Å². The predicted octanol–water partition coefficient (Wildman–Crippen LogP) is 5.40. The summed E-state index contributed by atoms with van der Waals surface area (Å²) in [5, 5.41) is 3.09. The number of benzene rings is 2. The van der Waals surface area contributed by atoms with Gasteiger partial charge in [0.05, 0.1) is 19.3 Å². The van der Waals surface area contributed by atoms with Gasteiger partial charge in [-0.15, -0.1) is 0 Å². The molecule has 0 aromatic heterocycles. The monoisotopic (exact) mass is 425 g/mol. The van der Waals surface area contributed by atoms with E-state index in [-0.39, 0.29) is 11.9 Å². The summed E-state index contributed by atoms with van der Waals surface area (Å²) < 4.78 is 17.4. The zero-order valence-electron chi connectivity index (χ0n) is 19.2. The second-order valence-electron chi connectivity index (χ2n) is 7.95. The minimum Gasteiger partial charge on any atom is -0.490 e. The highest BCUT2D eigenvalue weighted by atomic mass is 16.5. The molecule has 2 aromatic rings. The molecule has 31 heavy (non-hydrogen) atoms. The Morgan fingerprint density at radius 2 is 1.65 bits per heavy atom. The lowest BCUT2D eigenvalue weighted by Gasteiger charge is -2.23. The highest BCUT2D eigenvalue weighted by Gasteiger charge is 2.22. The summed E-state index contributed by atoms with van der Waals surface area (Å²) in [7, 11) is 0. The van der Waals surface area contributed by atoms with Gasteiger partial charge in [0, 0.05) is 0 Å². The van der Waals surface area contributed by atoms with Crippen molar-refractivity contribution in [1.82, 2.24) is 5.32 Å². The Bertz CT molecular complexity index is 880. The number of carbonyl (C=O) groups is 1. The second kappa shape index (κ2) is 11.1. The minimum atomic E-state index is -0.529. The van der Waals surface area contributed by atoms with E-state index in [9.17, 15) is 4.79 Å². The molecule has 3 rings (SSSR count). The predicted molar refractivity (Wildman–Crippen MR) is 123 cm³/mol. The summed E-state index contributed by atoms with van der Waals surface area (Å²) in [6.45, 7) is 8.95. The highest BCUT2D eigenvalue weighted by molar-refractivity contribution is 5.81. The molecule has 168 valence electrons. The SMILES string of the molecule is CCOc1ccc(C(C)NC(=O)C(CC)Oc2ccc3c(c2)CCCC3)cc1OCC. The van der Waals surface area contributed by atoms with Crippen LogP contribution in [0.2, 0.25) is 0 Å². The molecule has 0 spiro atoms. The van der Waals surface area contributed by atoms with Gasteiger partial charge in [-0.05, 0) is 93.8 Å². The standard InChI is InChI=1S/C26H35NO4/c1-5-23(31-22-14-12-19-10-8-9-11-21(19)16-22)26(28)27-18(4)20-13-15-24(29-6-2)25(17-20)30-7-3/h12-18,23H,5-11H2,1-4H3,(H,27,28). The maximum Gasteiger partial charge on any atom is 0.261 e. The molecule has 1 amide bonds. The third-order valence-corrected chi connectivity index (χ3v) is 5.69. The second-order valence-corrected chi connectivity index (χ2v) is 7.95. The Morgan fingerprint density at radius 3 is 2.35 bits per heavy atom. The van der Waals surface area contributed by atoms with Gasteiger partial charge >= 0.3 is 0 Å². The van der Waals surface area contributed by atoms with Gasteiger partial charge in [-0.1, -0.05) is 19.1 Å². The lowest BCUT2D eigenvalue weighted by molar-refractivity contribution is -0.128. The molecule has 2 aromatic carbocycles. The molecule has 2 unspecified atom stereocenters. The van der Waals surface area contributed by atoms with Crippen molar-refractivity contribution in [2.24, 2.45) is 0 Å². The van der Waals surface area contributed by atoms with Gasteiger partial charge < -0.3 is 19.5 Å². The van der Waals surface area contributed by atoms with Gasteiger partial charge in [-0.3, -0.25) is 4.79 Å². The van der Waals surface area contributed by atoms with E-state index in [1.165, 1.54) is 24.0 Å². The largest absolute Gasteiger partial charge is 0.490 e. The summed E-state index contributed by atoms with van der Waals surface area (Å²) >= 11 is 0. The van der Waals surface area contributed by atoms with Crippen molar-refractivity contribution in [2.45, 2.75) is 71.9 Å². The van der Waals surface area contributed by atoms with Gasteiger partial charge in [0.15, 0.2) is 17.6 Å². The Labute approximate surface area is 186 Å². The molecule has 1 aliphatic carbocycles. The van der Waals surface area contributed by atoms with E-state index >= 15 is 0 Å². The fraction of sp³-hybridized carbons (Fsp3) is 0.500. The lowest BCUT2D eigenvalue weighted by Crippen LogP contribution is -2.39. The quantitative estimate of drug-likeness (QED) is 0.554. The Hall–Kier alpha value is -2.69. The molecule has 1 N–H and O–H groups in total. The molecule has 0 saturated carbocycles. The minimum absolute atomic E-state index is 0.112. The first-order valence-electron chi connectivity index (χ1n) is 11.5. The van der Waals surface area contributed by atoms with Gasteiger partial charge in [0.2, 0.25) is 0 Å². The van der Waals surface area contributed by atoms with Crippen LogP contribution in [0.25, 0.3) is 0 Å². The van der Waals surface area contributed by atoms with Crippen molar-refractivity contribution >= 4 is 5.91 Å². The van der Waals surface area contributed by atoms with Crippen LogP contribution < -0.4 is 19.5 Å². The normalized spacial score (nSPS) is 14.8. The molecule has 1 aliphatic rings. The number of hydrogen-bond donors (Lipinski definition) is 1. The van der Waals surface area contributed by atoms with Crippen LogP contribution in [0.1, 0.15) is 69.7 Å². The number of rotatable bonds is 10. The topological polar surface area (TPSA) is 56.8 Å². The van der Waals surface area contributed by atoms with E-state index in [2.05, 4.69) is 17.4 Å². The molecule has 0 aliphatic heterocycles. The summed E-state index contributed by atoms with van der Waals surface area (Å²) in [6, 6.07) is 11.9. The number of fused-ring (bicyclic) bond motifs is 1. The molecule has 0 fully saturated rings. The van der Waals surface area contributed by atoms with Crippen LogP contribution in [0.5, 0.6) is 17.2 Å². The van der Waals surface area contributed by atoms with E-state index < -0.39 is 6.10 Å². The van der Waals surface area contributed by atoms with E-state index in [1.54, 1.807) is 0 Å². The van der Waals surface area contributed by atoms with Crippen LogP contribution in [0, 0.1) is 0 Å². The number of hydrogen-bond acceptors (Lipinski definition) is 4. The van der Waals surface area contributed by atoms with Crippen LogP contribution >= 0.6 is 0 Å². The molecule has 0 radical (unpaired) electrons. The van der Waals surface area contributed by atoms with Gasteiger partial charge in [-0.2, -0.15) is 0 Å². The number of ether oxygens (including phenoxy) is 3. The molecule has 0 saturated heterocycles. The maximum atomic E-state index is 12.9. The molecule has 2 atom stereocenters. The molecular weight excluding hydrogens is 390 g/mol. The van der Waals surface area contributed by atoms with Crippen LogP contribution in [-0.2, 0) is 17.6 Å². The van der Waals surface area contributed by atoms with E-state index in [0.29, 0.717) is 31.1 Å². The average molecular weight is 426 g/mol. The molecule has 5 heteroatoms. The smallest absolute Gasteiger partial charge is 0.261 e. The third-order valence-electron chi connectivity index (χ3n) is 5.69. The lowest BCUT2D eigenvalue weighted by atomic mass is 9.92. The fourth-order valence-corrected chi connectivity index (χ4v) is 4.00. The summed E-state index contributed by atoms with van der Waals surface area (Å²) in [4.78, 5) is 12.9. The van der Waals surface area contributed by atoms with Crippen molar-refractivity contribution in [2.75, 3.05) is 13.2 Å². The molecule has 0 bridgehead atoms. The Kier molecular flexibility index (Phi) is 8.21. The number of aryl methyl sites for hydroxylation is 2. The molecule has 0 heterocycles. The fourth-order valence-electron chi connectivity index (χ4n) is 4.00. The first kappa shape index (κ1) is 23.0. The Morgan fingerprint density at radius 1 is 0.935 bits per heavy atom. The van der Waals surface area contributed by atoms with Crippen LogP contribution in [0.3, 0.4) is 0 Å².